The lowest BCUT2D eigenvalue weighted by Crippen LogP contribution is -2.47. The number of fused-ring (bicyclic) bond motifs is 1. The Balaban J connectivity index is 1.71. The summed E-state index contributed by atoms with van der Waals surface area (Å²) in [6, 6.07) is 13.0. The third kappa shape index (κ3) is 4.20. The number of para-hydroxylation sites is 1. The maximum atomic E-state index is 13.2. The minimum atomic E-state index is -0.562. The van der Waals surface area contributed by atoms with Gasteiger partial charge in [-0.15, -0.1) is 11.3 Å². The van der Waals surface area contributed by atoms with Gasteiger partial charge in [0, 0.05) is 5.69 Å². The molecule has 0 spiro atoms. The fraction of sp³-hybridized carbons (Fsp3) is 0.158. The fourth-order valence-electron chi connectivity index (χ4n) is 3.19. The van der Waals surface area contributed by atoms with Crippen LogP contribution >= 0.6 is 46.8 Å². The van der Waals surface area contributed by atoms with Crippen LogP contribution in [0, 0.1) is 0 Å². The number of halogens is 2. The number of thiocarbonyl (C=S) groups is 1. The average Bonchev–Trinajstić information content (AvgIpc) is 3.11. The molecule has 3 aromatic rings. The van der Waals surface area contributed by atoms with Gasteiger partial charge in [-0.2, -0.15) is 5.10 Å². The van der Waals surface area contributed by atoms with Crippen LogP contribution in [-0.2, 0) is 4.79 Å². The molecule has 1 atom stereocenters. The number of nitrogens with two attached hydrogens (primary N) is 1. The molecule has 29 heavy (non-hydrogen) atoms. The Bertz CT molecular complexity index is 1110. The maximum absolute atomic E-state index is 13.2. The van der Waals surface area contributed by atoms with E-state index in [1.54, 1.807) is 12.1 Å². The average molecular weight is 464 g/mol. The Hall–Kier alpha value is -2.26. The van der Waals surface area contributed by atoms with Gasteiger partial charge in [0.05, 0.1) is 39.1 Å². The molecule has 1 aromatic heterocycles. The third-order valence-corrected chi connectivity index (χ3v) is 6.42. The van der Waals surface area contributed by atoms with E-state index in [9.17, 15) is 4.79 Å². The SMILES string of the molecule is NC(=S)N/N=C1\CN(c2ccc(Cl)c(Cl)c2)CC(=O)[C@@H]1c1nc2ccccc2s1. The summed E-state index contributed by atoms with van der Waals surface area (Å²) >= 11 is 18.5. The summed E-state index contributed by atoms with van der Waals surface area (Å²) in [5.74, 6) is -0.585. The molecular formula is C19H15Cl2N5OS2. The summed E-state index contributed by atoms with van der Waals surface area (Å²) in [5, 5.41) is 5.93. The molecule has 1 fully saturated rings. The number of hydrazone groups is 1. The van der Waals surface area contributed by atoms with Crippen molar-refractivity contribution in [3.05, 3.63) is 57.5 Å². The van der Waals surface area contributed by atoms with Crippen LogP contribution in [-0.4, -0.2) is 34.7 Å². The summed E-state index contributed by atoms with van der Waals surface area (Å²) < 4.78 is 1.02. The summed E-state index contributed by atoms with van der Waals surface area (Å²) in [6.45, 7) is 0.588. The highest BCUT2D eigenvalue weighted by molar-refractivity contribution is 7.80. The molecule has 2 aromatic carbocycles. The molecule has 4 rings (SSSR count). The molecule has 1 aliphatic heterocycles. The number of benzene rings is 2. The van der Waals surface area contributed by atoms with E-state index in [-0.39, 0.29) is 17.4 Å². The number of Topliss-reactive ketones (excluding diaryl/α,β-unsaturated/α-hetero) is 1. The van der Waals surface area contributed by atoms with Crippen molar-refractivity contribution in [1.29, 1.82) is 0 Å². The van der Waals surface area contributed by atoms with Crippen molar-refractivity contribution in [2.75, 3.05) is 18.0 Å². The molecule has 0 saturated carbocycles. The summed E-state index contributed by atoms with van der Waals surface area (Å²) in [7, 11) is 0. The molecule has 6 nitrogen and oxygen atoms in total. The van der Waals surface area contributed by atoms with Crippen molar-refractivity contribution in [2.24, 2.45) is 10.8 Å². The van der Waals surface area contributed by atoms with Crippen molar-refractivity contribution in [2.45, 2.75) is 5.92 Å². The molecule has 10 heteroatoms. The lowest BCUT2D eigenvalue weighted by molar-refractivity contribution is -0.118. The van der Waals surface area contributed by atoms with Crippen LogP contribution in [0.1, 0.15) is 10.9 Å². The van der Waals surface area contributed by atoms with Gasteiger partial charge in [0.25, 0.3) is 0 Å². The van der Waals surface area contributed by atoms with Gasteiger partial charge in [-0.3, -0.25) is 10.2 Å². The summed E-state index contributed by atoms with van der Waals surface area (Å²) in [6.07, 6.45) is 0. The van der Waals surface area contributed by atoms with Gasteiger partial charge in [0.2, 0.25) is 0 Å². The zero-order valence-electron chi connectivity index (χ0n) is 14.9. The van der Waals surface area contributed by atoms with E-state index in [4.69, 9.17) is 41.2 Å². The summed E-state index contributed by atoms with van der Waals surface area (Å²) in [5.41, 5.74) is 10.4. The smallest absolute Gasteiger partial charge is 0.184 e. The fourth-order valence-corrected chi connectivity index (χ4v) is 4.65. The Morgan fingerprint density at radius 1 is 1.24 bits per heavy atom. The van der Waals surface area contributed by atoms with E-state index in [1.165, 1.54) is 11.3 Å². The molecule has 0 unspecified atom stereocenters. The van der Waals surface area contributed by atoms with Crippen LogP contribution in [0.2, 0.25) is 10.0 Å². The van der Waals surface area contributed by atoms with Crippen molar-refractivity contribution in [3.63, 3.8) is 0 Å². The zero-order chi connectivity index (χ0) is 20.5. The number of carbonyl (C=O) groups is 1. The minimum absolute atomic E-state index is 0.0233. The maximum Gasteiger partial charge on any atom is 0.184 e. The molecule has 3 N–H and O–H groups in total. The van der Waals surface area contributed by atoms with Crippen LogP contribution in [0.4, 0.5) is 5.69 Å². The van der Waals surface area contributed by atoms with Crippen molar-refractivity contribution in [3.8, 4) is 0 Å². The second-order valence-corrected chi connectivity index (χ2v) is 8.77. The van der Waals surface area contributed by atoms with E-state index in [1.807, 2.05) is 35.2 Å². The number of nitrogens with one attached hydrogen (secondary N) is 1. The third-order valence-electron chi connectivity index (χ3n) is 4.49. The standard InChI is InChI=1S/C19H15Cl2N5OS2/c20-11-6-5-10(7-12(11)21)26-8-14(24-25-19(22)28)17(15(27)9-26)18-23-13-3-1-2-4-16(13)29-18/h1-7,17H,8-9H2,(H3,22,25,28)/b24-14+/t17-/m1/s1. The van der Waals surface area contributed by atoms with Gasteiger partial charge in [0.15, 0.2) is 10.9 Å². The first kappa shape index (κ1) is 20.0. The number of anilines is 1. The van der Waals surface area contributed by atoms with Gasteiger partial charge >= 0.3 is 0 Å². The van der Waals surface area contributed by atoms with Crippen LogP contribution in [0.15, 0.2) is 47.6 Å². The van der Waals surface area contributed by atoms with Crippen LogP contribution in [0.25, 0.3) is 10.2 Å². The zero-order valence-corrected chi connectivity index (χ0v) is 18.1. The van der Waals surface area contributed by atoms with Gasteiger partial charge in [0.1, 0.15) is 10.9 Å². The molecule has 0 bridgehead atoms. The molecule has 0 amide bonds. The summed E-state index contributed by atoms with van der Waals surface area (Å²) in [4.78, 5) is 19.7. The number of carbonyl (C=O) groups excluding carboxylic acids is 1. The van der Waals surface area contributed by atoms with Crippen LogP contribution in [0.5, 0.6) is 0 Å². The van der Waals surface area contributed by atoms with Crippen molar-refractivity contribution >= 4 is 79.3 Å². The monoisotopic (exact) mass is 463 g/mol. The molecular weight excluding hydrogens is 449 g/mol. The quantitative estimate of drug-likeness (QED) is 0.451. The highest BCUT2D eigenvalue weighted by Crippen LogP contribution is 2.34. The first-order valence-electron chi connectivity index (χ1n) is 8.62. The Kier molecular flexibility index (Phi) is 5.69. The number of rotatable bonds is 3. The van der Waals surface area contributed by atoms with E-state index in [0.29, 0.717) is 27.3 Å². The molecule has 0 radical (unpaired) electrons. The number of thiazole rings is 1. The lowest BCUT2D eigenvalue weighted by Gasteiger charge is -2.33. The first-order chi connectivity index (χ1) is 13.9. The largest absolute Gasteiger partial charge is 0.375 e. The molecule has 0 aliphatic carbocycles. The minimum Gasteiger partial charge on any atom is -0.375 e. The normalized spacial score (nSPS) is 18.4. The molecule has 2 heterocycles. The predicted octanol–water partition coefficient (Wildman–Crippen LogP) is 3.97. The number of ketones is 1. The highest BCUT2D eigenvalue weighted by atomic mass is 35.5. The van der Waals surface area contributed by atoms with Gasteiger partial charge in [-0.05, 0) is 42.5 Å². The second-order valence-electron chi connectivity index (χ2n) is 6.45. The van der Waals surface area contributed by atoms with Gasteiger partial charge < -0.3 is 10.6 Å². The van der Waals surface area contributed by atoms with E-state index < -0.39 is 5.92 Å². The van der Waals surface area contributed by atoms with E-state index >= 15 is 0 Å². The van der Waals surface area contributed by atoms with E-state index in [2.05, 4.69) is 15.5 Å². The van der Waals surface area contributed by atoms with Gasteiger partial charge in [-0.1, -0.05) is 35.3 Å². The van der Waals surface area contributed by atoms with Gasteiger partial charge in [-0.25, -0.2) is 4.98 Å². The molecule has 1 aliphatic rings. The van der Waals surface area contributed by atoms with Crippen molar-refractivity contribution in [1.82, 2.24) is 10.4 Å². The Labute approximate surface area is 186 Å². The van der Waals surface area contributed by atoms with E-state index in [0.717, 1.165) is 15.9 Å². The number of hydrogen-bond donors (Lipinski definition) is 2. The number of piperidine rings is 1. The Morgan fingerprint density at radius 3 is 2.76 bits per heavy atom. The Morgan fingerprint density at radius 2 is 2.03 bits per heavy atom. The molecule has 148 valence electrons. The number of aromatic nitrogens is 1. The number of nitrogens with zero attached hydrogens (tertiary/aromatic N) is 3. The number of hydrogen-bond acceptors (Lipinski definition) is 6. The predicted molar refractivity (Wildman–Crippen MR) is 123 cm³/mol. The lowest BCUT2D eigenvalue weighted by atomic mass is 9.93. The first-order valence-corrected chi connectivity index (χ1v) is 10.6. The van der Waals surface area contributed by atoms with Crippen LogP contribution in [0.3, 0.4) is 0 Å². The highest BCUT2D eigenvalue weighted by Gasteiger charge is 2.36. The van der Waals surface area contributed by atoms with Crippen LogP contribution < -0.4 is 16.1 Å². The topological polar surface area (TPSA) is 83.6 Å². The van der Waals surface area contributed by atoms with Crippen molar-refractivity contribution < 1.29 is 4.79 Å². The molecule has 1 saturated heterocycles. The second kappa shape index (κ2) is 8.23.